The fourth-order valence-corrected chi connectivity index (χ4v) is 3.35. The monoisotopic (exact) mass is 264 g/mol. The Hall–Kier alpha value is -2.13. The lowest BCUT2D eigenvalue weighted by Crippen LogP contribution is -2.25. The normalized spacial score (nSPS) is 21.5. The van der Waals surface area contributed by atoms with Gasteiger partial charge in [-0.3, -0.25) is 4.98 Å². The van der Waals surface area contributed by atoms with Gasteiger partial charge in [0.2, 0.25) is 0 Å². The summed E-state index contributed by atoms with van der Waals surface area (Å²) in [5, 5.41) is 13.0. The van der Waals surface area contributed by atoms with Crippen LogP contribution in [-0.4, -0.2) is 14.7 Å². The molecule has 1 aliphatic rings. The van der Waals surface area contributed by atoms with Gasteiger partial charge in [-0.05, 0) is 19.1 Å². The first-order valence-corrected chi connectivity index (χ1v) is 6.88. The predicted octanol–water partition coefficient (Wildman–Crippen LogP) is 3.43. The van der Waals surface area contributed by atoms with Crippen LogP contribution in [0.5, 0.6) is 0 Å². The molecule has 0 radical (unpaired) electrons. The molecular formula is C17H16N2O. The average molecular weight is 264 g/mol. The van der Waals surface area contributed by atoms with Crippen molar-refractivity contribution in [3.05, 3.63) is 54.4 Å². The van der Waals surface area contributed by atoms with Gasteiger partial charge in [-0.15, -0.1) is 0 Å². The predicted molar refractivity (Wildman–Crippen MR) is 80.5 cm³/mol. The molecule has 100 valence electrons. The van der Waals surface area contributed by atoms with Crippen LogP contribution >= 0.6 is 0 Å². The highest BCUT2D eigenvalue weighted by Crippen LogP contribution is 2.41. The first kappa shape index (κ1) is 11.7. The van der Waals surface area contributed by atoms with Gasteiger partial charge >= 0.3 is 0 Å². The maximum absolute atomic E-state index is 10.6. The number of para-hydroxylation sites is 1. The first-order chi connectivity index (χ1) is 9.68. The molecule has 0 amide bonds. The van der Waals surface area contributed by atoms with Crippen molar-refractivity contribution in [3.8, 4) is 0 Å². The number of hydrogen-bond donors (Lipinski definition) is 1. The third-order valence-electron chi connectivity index (χ3n) is 4.38. The zero-order chi connectivity index (χ0) is 13.9. The van der Waals surface area contributed by atoms with Crippen LogP contribution in [0.1, 0.15) is 18.7 Å². The van der Waals surface area contributed by atoms with Crippen LogP contribution in [0.15, 0.2) is 48.7 Å². The molecule has 2 aromatic heterocycles. The van der Waals surface area contributed by atoms with Crippen LogP contribution in [0.4, 0.5) is 0 Å². The molecule has 3 heterocycles. The Bertz CT molecular complexity index is 847. The van der Waals surface area contributed by atoms with Crippen LogP contribution < -0.4 is 0 Å². The number of aliphatic hydroxyl groups is 1. The number of hydrogen-bond acceptors (Lipinski definition) is 2. The Kier molecular flexibility index (Phi) is 2.30. The summed E-state index contributed by atoms with van der Waals surface area (Å²) in [6, 6.07) is 10.4. The Labute approximate surface area is 117 Å². The molecule has 0 saturated heterocycles. The SMILES string of the molecule is C=C(C)[C@H]1Cn2c3ccccc3c3ccnc(c32)[C@H]1O. The Balaban J connectivity index is 2.16. The number of nitrogens with zero attached hydrogens (tertiary/aromatic N) is 2. The van der Waals surface area contributed by atoms with Gasteiger partial charge in [0.25, 0.3) is 0 Å². The molecule has 4 rings (SSSR count). The smallest absolute Gasteiger partial charge is 0.106 e. The lowest BCUT2D eigenvalue weighted by Gasteiger charge is -2.29. The van der Waals surface area contributed by atoms with Gasteiger partial charge in [0.1, 0.15) is 6.10 Å². The summed E-state index contributed by atoms with van der Waals surface area (Å²) >= 11 is 0. The van der Waals surface area contributed by atoms with E-state index < -0.39 is 6.10 Å². The highest BCUT2D eigenvalue weighted by Gasteiger charge is 2.32. The molecule has 3 heteroatoms. The van der Waals surface area contributed by atoms with E-state index in [1.807, 2.05) is 13.0 Å². The topological polar surface area (TPSA) is 38.0 Å². The third kappa shape index (κ3) is 1.36. The van der Waals surface area contributed by atoms with Crippen molar-refractivity contribution in [1.82, 2.24) is 9.55 Å². The molecule has 0 saturated carbocycles. The summed E-state index contributed by atoms with van der Waals surface area (Å²) in [5.41, 5.74) is 4.05. The minimum atomic E-state index is -0.562. The van der Waals surface area contributed by atoms with Gasteiger partial charge in [-0.2, -0.15) is 0 Å². The third-order valence-corrected chi connectivity index (χ3v) is 4.38. The van der Waals surface area contributed by atoms with Crippen molar-refractivity contribution in [1.29, 1.82) is 0 Å². The van der Waals surface area contributed by atoms with Crippen molar-refractivity contribution < 1.29 is 5.11 Å². The highest BCUT2D eigenvalue weighted by atomic mass is 16.3. The summed E-state index contributed by atoms with van der Waals surface area (Å²) in [5.74, 6) is 0.0245. The zero-order valence-electron chi connectivity index (χ0n) is 11.4. The Morgan fingerprint density at radius 3 is 2.90 bits per heavy atom. The van der Waals surface area contributed by atoms with E-state index in [1.165, 1.54) is 16.3 Å². The number of fused-ring (bicyclic) bond motifs is 3. The van der Waals surface area contributed by atoms with Gasteiger partial charge in [0.05, 0.1) is 11.2 Å². The van der Waals surface area contributed by atoms with Gasteiger partial charge in [-0.25, -0.2) is 0 Å². The molecule has 0 aliphatic carbocycles. The van der Waals surface area contributed by atoms with Crippen molar-refractivity contribution >= 4 is 21.8 Å². The molecule has 1 aromatic carbocycles. The Morgan fingerprint density at radius 1 is 1.30 bits per heavy atom. The lowest BCUT2D eigenvalue weighted by atomic mass is 9.90. The molecule has 0 bridgehead atoms. The molecule has 1 N–H and O–H groups in total. The summed E-state index contributed by atoms with van der Waals surface area (Å²) in [7, 11) is 0. The van der Waals surface area contributed by atoms with Crippen molar-refractivity contribution in [2.24, 2.45) is 5.92 Å². The number of benzene rings is 1. The summed E-state index contributed by atoms with van der Waals surface area (Å²) in [6.45, 7) is 6.77. The number of pyridine rings is 1. The highest BCUT2D eigenvalue weighted by molar-refractivity contribution is 6.08. The fraction of sp³-hybridized carbons (Fsp3) is 0.235. The molecule has 1 aliphatic heterocycles. The second kappa shape index (κ2) is 3.93. The molecule has 0 unspecified atom stereocenters. The van der Waals surface area contributed by atoms with Crippen LogP contribution in [0.2, 0.25) is 0 Å². The van der Waals surface area contributed by atoms with E-state index >= 15 is 0 Å². The van der Waals surface area contributed by atoms with Crippen molar-refractivity contribution in [2.45, 2.75) is 19.6 Å². The Morgan fingerprint density at radius 2 is 2.10 bits per heavy atom. The molecule has 0 fully saturated rings. The van der Waals surface area contributed by atoms with Gasteiger partial charge in [-0.1, -0.05) is 30.4 Å². The molecule has 3 aromatic rings. The molecule has 20 heavy (non-hydrogen) atoms. The largest absolute Gasteiger partial charge is 0.386 e. The van der Waals surface area contributed by atoms with E-state index in [9.17, 15) is 5.11 Å². The summed E-state index contributed by atoms with van der Waals surface area (Å²) in [6.07, 6.45) is 1.23. The van der Waals surface area contributed by atoms with E-state index in [0.717, 1.165) is 23.3 Å². The number of aromatic nitrogens is 2. The first-order valence-electron chi connectivity index (χ1n) is 6.88. The van der Waals surface area contributed by atoms with Crippen molar-refractivity contribution in [2.75, 3.05) is 0 Å². The lowest BCUT2D eigenvalue weighted by molar-refractivity contribution is 0.108. The second-order valence-electron chi connectivity index (χ2n) is 5.62. The fourth-order valence-electron chi connectivity index (χ4n) is 3.35. The standard InChI is InChI=1S/C17H16N2O/c1-10(2)13-9-19-14-6-4-3-5-11(14)12-7-8-18-15(16(12)19)17(13)20/h3-8,13,17,20H,1,9H2,2H3/t13-,17+/m1/s1. The maximum atomic E-state index is 10.6. The van der Waals surface area contributed by atoms with Crippen LogP contribution in [0.25, 0.3) is 21.8 Å². The number of aliphatic hydroxyl groups excluding tert-OH is 1. The van der Waals surface area contributed by atoms with Crippen LogP contribution in [0, 0.1) is 5.92 Å². The van der Waals surface area contributed by atoms with E-state index in [-0.39, 0.29) is 5.92 Å². The van der Waals surface area contributed by atoms with Gasteiger partial charge in [0, 0.05) is 34.9 Å². The summed E-state index contributed by atoms with van der Waals surface area (Å²) < 4.78 is 2.28. The summed E-state index contributed by atoms with van der Waals surface area (Å²) in [4.78, 5) is 4.43. The zero-order valence-corrected chi connectivity index (χ0v) is 11.4. The molecule has 2 atom stereocenters. The minimum Gasteiger partial charge on any atom is -0.386 e. The van der Waals surface area contributed by atoms with Gasteiger partial charge in [0.15, 0.2) is 0 Å². The quantitative estimate of drug-likeness (QED) is 0.684. The average Bonchev–Trinajstić information content (AvgIpc) is 2.78. The van der Waals surface area contributed by atoms with Crippen molar-refractivity contribution in [3.63, 3.8) is 0 Å². The van der Waals surface area contributed by atoms with Crippen LogP contribution in [0.3, 0.4) is 0 Å². The maximum Gasteiger partial charge on any atom is 0.106 e. The number of rotatable bonds is 1. The van der Waals surface area contributed by atoms with E-state index in [4.69, 9.17) is 0 Å². The van der Waals surface area contributed by atoms with Crippen LogP contribution in [-0.2, 0) is 6.54 Å². The van der Waals surface area contributed by atoms with E-state index in [2.05, 4.69) is 40.4 Å². The minimum absolute atomic E-state index is 0.0245. The molecular weight excluding hydrogens is 248 g/mol. The molecule has 0 spiro atoms. The van der Waals surface area contributed by atoms with E-state index in [0.29, 0.717) is 0 Å². The molecule has 3 nitrogen and oxygen atoms in total. The second-order valence-corrected chi connectivity index (χ2v) is 5.62. The van der Waals surface area contributed by atoms with Gasteiger partial charge < -0.3 is 9.67 Å². The van der Waals surface area contributed by atoms with E-state index in [1.54, 1.807) is 6.20 Å².